The van der Waals surface area contributed by atoms with Crippen LogP contribution in [0.15, 0.2) is 0 Å². The second kappa shape index (κ2) is 4.92. The minimum atomic E-state index is -6.38. The summed E-state index contributed by atoms with van der Waals surface area (Å²) in [5.41, 5.74) is 0. The fourth-order valence-corrected chi connectivity index (χ4v) is 0.423. The molecule has 0 bridgehead atoms. The van der Waals surface area contributed by atoms with Gasteiger partial charge in [0.1, 0.15) is 0 Å². The third kappa shape index (κ3) is 4.63. The molecule has 3 nitrogen and oxygen atoms in total. The topological polar surface area (TPSA) is 35.5 Å². The maximum atomic E-state index is 12.1. The van der Waals surface area contributed by atoms with E-state index in [9.17, 15) is 48.7 Å². The predicted octanol–water partition coefficient (Wildman–Crippen LogP) is 3.49. The van der Waals surface area contributed by atoms with Crippen molar-refractivity contribution < 1.29 is 58.2 Å². The van der Waals surface area contributed by atoms with Crippen LogP contribution < -0.4 is 0 Å². The van der Waals surface area contributed by atoms with E-state index in [0.29, 0.717) is 0 Å². The molecule has 13 heteroatoms. The van der Waals surface area contributed by atoms with Gasteiger partial charge in [-0.15, -0.1) is 0 Å². The Kier molecular flexibility index (Phi) is 4.55. The SMILES string of the molecule is O=C(OCC(F)(F)C(F)(F)F)OC(F)(F)C(F)(F)F. The molecule has 0 unspecified atom stereocenters. The normalized spacial score (nSPS) is 14.2. The van der Waals surface area contributed by atoms with Crippen molar-refractivity contribution >= 4 is 6.16 Å². The maximum Gasteiger partial charge on any atom is 0.513 e. The van der Waals surface area contributed by atoms with Crippen LogP contribution in [0.2, 0.25) is 0 Å². The fourth-order valence-electron chi connectivity index (χ4n) is 0.423. The van der Waals surface area contributed by atoms with Gasteiger partial charge in [-0.05, 0) is 0 Å². The van der Waals surface area contributed by atoms with E-state index < -0.39 is 37.1 Å². The molecule has 0 aromatic rings. The van der Waals surface area contributed by atoms with Crippen molar-refractivity contribution in [3.63, 3.8) is 0 Å². The number of carbonyl (C=O) groups excluding carboxylic acids is 1. The first-order valence-electron chi connectivity index (χ1n) is 3.85. The third-order valence-electron chi connectivity index (χ3n) is 1.33. The van der Waals surface area contributed by atoms with Gasteiger partial charge in [0.25, 0.3) is 0 Å². The summed E-state index contributed by atoms with van der Waals surface area (Å²) in [6.45, 7) is -2.80. The third-order valence-corrected chi connectivity index (χ3v) is 1.33. The molecule has 0 heterocycles. The Balaban J connectivity index is 4.52. The average molecular weight is 312 g/mol. The van der Waals surface area contributed by atoms with E-state index in [1.54, 1.807) is 0 Å². The first-order chi connectivity index (χ1) is 8.10. The lowest BCUT2D eigenvalue weighted by molar-refractivity contribution is -0.375. The van der Waals surface area contributed by atoms with Gasteiger partial charge in [-0.1, -0.05) is 0 Å². The second-order valence-corrected chi connectivity index (χ2v) is 2.86. The Hall–Kier alpha value is -1.43. The number of ether oxygens (including phenoxy) is 2. The second-order valence-electron chi connectivity index (χ2n) is 2.86. The predicted molar refractivity (Wildman–Crippen MR) is 34.4 cm³/mol. The van der Waals surface area contributed by atoms with Crippen molar-refractivity contribution in [2.45, 2.75) is 24.4 Å². The van der Waals surface area contributed by atoms with E-state index >= 15 is 0 Å². The highest BCUT2D eigenvalue weighted by atomic mass is 19.4. The van der Waals surface area contributed by atoms with Gasteiger partial charge in [0.05, 0.1) is 0 Å². The average Bonchev–Trinajstić information content (AvgIpc) is 2.10. The summed E-state index contributed by atoms with van der Waals surface area (Å²) in [7, 11) is 0. The van der Waals surface area contributed by atoms with Crippen LogP contribution >= 0.6 is 0 Å². The molecule has 0 N–H and O–H groups in total. The van der Waals surface area contributed by atoms with Crippen LogP contribution in [0, 0.1) is 0 Å². The number of alkyl halides is 10. The molecule has 19 heavy (non-hydrogen) atoms. The molecule has 0 atom stereocenters. The Morgan fingerprint density at radius 3 is 1.53 bits per heavy atom. The largest absolute Gasteiger partial charge is 0.513 e. The molecule has 0 aliphatic rings. The first kappa shape index (κ1) is 17.6. The van der Waals surface area contributed by atoms with E-state index in [4.69, 9.17) is 0 Å². The smallest absolute Gasteiger partial charge is 0.427 e. The summed E-state index contributed by atoms with van der Waals surface area (Å²) >= 11 is 0. The zero-order valence-corrected chi connectivity index (χ0v) is 8.21. The van der Waals surface area contributed by atoms with Crippen molar-refractivity contribution in [3.8, 4) is 0 Å². The van der Waals surface area contributed by atoms with Crippen LogP contribution in [0.5, 0.6) is 0 Å². The highest BCUT2D eigenvalue weighted by molar-refractivity contribution is 5.60. The summed E-state index contributed by atoms with van der Waals surface area (Å²) in [6.07, 6.45) is -21.7. The molecule has 0 fully saturated rings. The monoisotopic (exact) mass is 312 g/mol. The highest BCUT2D eigenvalue weighted by Crippen LogP contribution is 2.38. The van der Waals surface area contributed by atoms with Crippen molar-refractivity contribution in [1.29, 1.82) is 0 Å². The number of hydrogen-bond donors (Lipinski definition) is 0. The molecule has 0 amide bonds. The van der Waals surface area contributed by atoms with Gasteiger partial charge >= 0.3 is 30.5 Å². The molecule has 0 saturated carbocycles. The molecule has 0 saturated heterocycles. The summed E-state index contributed by atoms with van der Waals surface area (Å²) < 4.78 is 122. The molecule has 114 valence electrons. The fraction of sp³-hybridized carbons (Fsp3) is 0.833. The minimum Gasteiger partial charge on any atom is -0.427 e. The highest BCUT2D eigenvalue weighted by Gasteiger charge is 2.63. The van der Waals surface area contributed by atoms with Crippen LogP contribution in [0.3, 0.4) is 0 Å². The van der Waals surface area contributed by atoms with Gasteiger partial charge in [0.2, 0.25) is 0 Å². The number of rotatable bonds is 3. The van der Waals surface area contributed by atoms with E-state index in [-0.39, 0.29) is 0 Å². The molecule has 0 aromatic heterocycles. The van der Waals surface area contributed by atoms with Crippen LogP contribution in [0.25, 0.3) is 0 Å². The molecule has 0 spiro atoms. The van der Waals surface area contributed by atoms with Crippen LogP contribution in [-0.4, -0.2) is 37.1 Å². The van der Waals surface area contributed by atoms with Crippen molar-refractivity contribution in [1.82, 2.24) is 0 Å². The summed E-state index contributed by atoms with van der Waals surface area (Å²) in [5.74, 6) is -5.63. The van der Waals surface area contributed by atoms with Crippen LogP contribution in [-0.2, 0) is 9.47 Å². The molecule has 0 aromatic carbocycles. The number of hydrogen-bond acceptors (Lipinski definition) is 3. The van der Waals surface area contributed by atoms with Gasteiger partial charge in [-0.2, -0.15) is 43.9 Å². The molecular formula is C6H2F10O3. The molecule has 0 rings (SSSR count). The standard InChI is InChI=1S/C6H2F10O3/c7-3(8,4(9,10)11)1-18-2(17)19-6(15,16)5(12,13)14/h1H2. The van der Waals surface area contributed by atoms with Gasteiger partial charge < -0.3 is 9.47 Å². The molecular weight excluding hydrogens is 310 g/mol. The van der Waals surface area contributed by atoms with Crippen molar-refractivity contribution in [2.24, 2.45) is 0 Å². The van der Waals surface area contributed by atoms with E-state index in [2.05, 4.69) is 9.47 Å². The van der Waals surface area contributed by atoms with Crippen molar-refractivity contribution in [2.75, 3.05) is 6.61 Å². The maximum absolute atomic E-state index is 12.1. The lowest BCUT2D eigenvalue weighted by Crippen LogP contribution is -2.44. The van der Waals surface area contributed by atoms with Crippen LogP contribution in [0.1, 0.15) is 0 Å². The van der Waals surface area contributed by atoms with Gasteiger partial charge in [-0.25, -0.2) is 4.79 Å². The lowest BCUT2D eigenvalue weighted by Gasteiger charge is -2.21. The van der Waals surface area contributed by atoms with Gasteiger partial charge in [-0.3, -0.25) is 0 Å². The number of carbonyl (C=O) groups is 1. The summed E-state index contributed by atoms with van der Waals surface area (Å²) in [4.78, 5) is 10.2. The first-order valence-corrected chi connectivity index (χ1v) is 3.85. The molecule has 0 radical (unpaired) electrons. The van der Waals surface area contributed by atoms with E-state index in [0.717, 1.165) is 0 Å². The molecule has 0 aliphatic heterocycles. The number of halogens is 10. The minimum absolute atomic E-state index is 2.29. The lowest BCUT2D eigenvalue weighted by atomic mass is 10.3. The van der Waals surface area contributed by atoms with Gasteiger partial charge in [0.15, 0.2) is 6.61 Å². The molecule has 0 aliphatic carbocycles. The quantitative estimate of drug-likeness (QED) is 0.591. The Morgan fingerprint density at radius 2 is 1.21 bits per heavy atom. The zero-order valence-electron chi connectivity index (χ0n) is 8.21. The summed E-state index contributed by atoms with van der Waals surface area (Å²) in [5, 5.41) is 0. The Labute approximate surface area is 96.6 Å². The van der Waals surface area contributed by atoms with Crippen molar-refractivity contribution in [3.05, 3.63) is 0 Å². The van der Waals surface area contributed by atoms with E-state index in [1.165, 1.54) is 0 Å². The zero-order chi connectivity index (χ0) is 15.7. The Bertz CT molecular complexity index is 329. The van der Waals surface area contributed by atoms with Gasteiger partial charge in [0, 0.05) is 0 Å². The van der Waals surface area contributed by atoms with E-state index in [1.807, 2.05) is 0 Å². The summed E-state index contributed by atoms with van der Waals surface area (Å²) in [6, 6.07) is 0. The Morgan fingerprint density at radius 1 is 0.789 bits per heavy atom. The van der Waals surface area contributed by atoms with Crippen LogP contribution in [0.4, 0.5) is 48.7 Å².